The lowest BCUT2D eigenvalue weighted by Gasteiger charge is -2.16. The third-order valence-corrected chi connectivity index (χ3v) is 4.85. The Morgan fingerprint density at radius 3 is 2.57 bits per heavy atom. The van der Waals surface area contributed by atoms with E-state index in [0.29, 0.717) is 36.4 Å². The molecule has 3 rings (SSSR count). The number of benzene rings is 2. The van der Waals surface area contributed by atoms with Crippen molar-refractivity contribution in [3.8, 4) is 11.5 Å². The molecule has 1 saturated carbocycles. The van der Waals surface area contributed by atoms with E-state index in [1.807, 2.05) is 36.4 Å². The Balaban J connectivity index is 1.56. The van der Waals surface area contributed by atoms with E-state index in [-0.39, 0.29) is 5.91 Å². The van der Waals surface area contributed by atoms with Gasteiger partial charge in [-0.05, 0) is 42.5 Å². The van der Waals surface area contributed by atoms with Crippen molar-refractivity contribution in [2.24, 2.45) is 10.9 Å². The van der Waals surface area contributed by atoms with Gasteiger partial charge < -0.3 is 25.4 Å². The molecular formula is C23H30N4O3. The second-order valence-electron chi connectivity index (χ2n) is 7.36. The van der Waals surface area contributed by atoms with Crippen LogP contribution >= 0.6 is 0 Å². The Morgan fingerprint density at radius 1 is 1.10 bits per heavy atom. The number of carbonyl (C=O) groups is 1. The van der Waals surface area contributed by atoms with Crippen LogP contribution in [-0.4, -0.2) is 32.6 Å². The summed E-state index contributed by atoms with van der Waals surface area (Å²) in [4.78, 5) is 15.7. The molecule has 1 fully saturated rings. The van der Waals surface area contributed by atoms with E-state index in [2.05, 4.69) is 27.0 Å². The van der Waals surface area contributed by atoms with Crippen molar-refractivity contribution in [3.63, 3.8) is 0 Å². The molecule has 1 aliphatic carbocycles. The fourth-order valence-corrected chi connectivity index (χ4v) is 3.02. The third kappa shape index (κ3) is 6.40. The van der Waals surface area contributed by atoms with Crippen molar-refractivity contribution in [2.75, 3.05) is 26.1 Å². The molecular weight excluding hydrogens is 380 g/mol. The normalized spacial score (nSPS) is 13.5. The topological polar surface area (TPSA) is 84.0 Å². The van der Waals surface area contributed by atoms with Crippen LogP contribution in [0.4, 0.5) is 5.69 Å². The van der Waals surface area contributed by atoms with Crippen molar-refractivity contribution < 1.29 is 14.3 Å². The zero-order valence-electron chi connectivity index (χ0n) is 17.8. The lowest BCUT2D eigenvalue weighted by molar-refractivity contribution is -0.114. The third-order valence-electron chi connectivity index (χ3n) is 4.85. The lowest BCUT2D eigenvalue weighted by Crippen LogP contribution is -2.36. The van der Waals surface area contributed by atoms with Crippen LogP contribution in [0.1, 0.15) is 30.9 Å². The minimum atomic E-state index is -0.140. The summed E-state index contributed by atoms with van der Waals surface area (Å²) in [6, 6.07) is 13.8. The fraction of sp³-hybridized carbons (Fsp3) is 0.391. The molecule has 0 aromatic heterocycles. The molecule has 2 aromatic carbocycles. The summed E-state index contributed by atoms with van der Waals surface area (Å²) in [6.45, 7) is 3.43. The summed E-state index contributed by atoms with van der Waals surface area (Å²) in [5, 5.41) is 9.42. The number of anilines is 1. The van der Waals surface area contributed by atoms with Crippen molar-refractivity contribution in [1.82, 2.24) is 10.6 Å². The van der Waals surface area contributed by atoms with Gasteiger partial charge in [0.05, 0.1) is 19.4 Å². The minimum Gasteiger partial charge on any atom is -0.495 e. The van der Waals surface area contributed by atoms with E-state index in [1.54, 1.807) is 14.2 Å². The van der Waals surface area contributed by atoms with Crippen LogP contribution in [0.2, 0.25) is 0 Å². The summed E-state index contributed by atoms with van der Waals surface area (Å²) in [7, 11) is 3.32. The summed E-state index contributed by atoms with van der Waals surface area (Å²) in [5.74, 6) is 2.80. The van der Waals surface area contributed by atoms with Crippen LogP contribution < -0.4 is 25.4 Å². The number of aliphatic imine (C=N–C) groups is 1. The van der Waals surface area contributed by atoms with Crippen LogP contribution in [0, 0.1) is 5.92 Å². The fourth-order valence-electron chi connectivity index (χ4n) is 3.02. The Kier molecular flexibility index (Phi) is 7.54. The number of ether oxygens (including phenoxy) is 2. The minimum absolute atomic E-state index is 0.140. The summed E-state index contributed by atoms with van der Waals surface area (Å²) < 4.78 is 11.3. The van der Waals surface area contributed by atoms with E-state index in [1.165, 1.54) is 19.8 Å². The Morgan fingerprint density at radius 2 is 1.87 bits per heavy atom. The molecule has 2 aromatic rings. The molecule has 1 amide bonds. The SMILES string of the molecule is CN=C(NCc1ccc(OC)c(NC(C)=O)c1)NCc1ccccc1OCC1CC1. The molecule has 0 saturated heterocycles. The number of rotatable bonds is 9. The number of methoxy groups -OCH3 is 1. The second-order valence-corrected chi connectivity index (χ2v) is 7.36. The van der Waals surface area contributed by atoms with Gasteiger partial charge in [0.2, 0.25) is 5.91 Å². The summed E-state index contributed by atoms with van der Waals surface area (Å²) in [6.07, 6.45) is 2.54. The highest BCUT2D eigenvalue weighted by Gasteiger charge is 2.22. The first-order chi connectivity index (χ1) is 14.6. The predicted molar refractivity (Wildman–Crippen MR) is 119 cm³/mol. The van der Waals surface area contributed by atoms with Crippen LogP contribution in [0.15, 0.2) is 47.5 Å². The van der Waals surface area contributed by atoms with Crippen LogP contribution in [0.25, 0.3) is 0 Å². The van der Waals surface area contributed by atoms with Gasteiger partial charge in [-0.2, -0.15) is 0 Å². The summed E-state index contributed by atoms with van der Waals surface area (Å²) in [5.41, 5.74) is 2.74. The Bertz CT molecular complexity index is 894. The van der Waals surface area contributed by atoms with E-state index < -0.39 is 0 Å². The number of hydrogen-bond donors (Lipinski definition) is 3. The molecule has 0 bridgehead atoms. The highest BCUT2D eigenvalue weighted by Crippen LogP contribution is 2.30. The number of amides is 1. The van der Waals surface area contributed by atoms with Crippen molar-refractivity contribution in [1.29, 1.82) is 0 Å². The van der Waals surface area contributed by atoms with Crippen LogP contribution in [0.3, 0.4) is 0 Å². The molecule has 0 unspecified atom stereocenters. The molecule has 0 spiro atoms. The Hall–Kier alpha value is -3.22. The van der Waals surface area contributed by atoms with E-state index in [9.17, 15) is 4.79 Å². The number of carbonyl (C=O) groups excluding carboxylic acids is 1. The number of guanidine groups is 1. The first-order valence-corrected chi connectivity index (χ1v) is 10.2. The quantitative estimate of drug-likeness (QED) is 0.436. The van der Waals surface area contributed by atoms with Crippen molar-refractivity contribution >= 4 is 17.6 Å². The lowest BCUT2D eigenvalue weighted by atomic mass is 10.2. The van der Waals surface area contributed by atoms with Gasteiger partial charge in [0.15, 0.2) is 5.96 Å². The van der Waals surface area contributed by atoms with Crippen LogP contribution in [-0.2, 0) is 17.9 Å². The van der Waals surface area contributed by atoms with Crippen molar-refractivity contribution in [2.45, 2.75) is 32.9 Å². The number of nitrogens with one attached hydrogen (secondary N) is 3. The maximum absolute atomic E-state index is 11.4. The highest BCUT2D eigenvalue weighted by atomic mass is 16.5. The van der Waals surface area contributed by atoms with E-state index >= 15 is 0 Å². The van der Waals surface area contributed by atoms with Gasteiger partial charge in [-0.15, -0.1) is 0 Å². The standard InChI is InChI=1S/C23H30N4O3/c1-16(28)27-20-12-18(10-11-22(20)29-3)13-25-23(24-2)26-14-19-6-4-5-7-21(19)30-15-17-8-9-17/h4-7,10-12,17H,8-9,13-15H2,1-3H3,(H,27,28)(H2,24,25,26). The largest absolute Gasteiger partial charge is 0.495 e. The maximum atomic E-state index is 11.4. The molecule has 1 aliphatic rings. The predicted octanol–water partition coefficient (Wildman–Crippen LogP) is 3.31. The van der Waals surface area contributed by atoms with Gasteiger partial charge >= 0.3 is 0 Å². The second kappa shape index (κ2) is 10.5. The Labute approximate surface area is 177 Å². The zero-order chi connectivity index (χ0) is 21.3. The first-order valence-electron chi connectivity index (χ1n) is 10.2. The average molecular weight is 411 g/mol. The molecule has 30 heavy (non-hydrogen) atoms. The first kappa shape index (κ1) is 21.5. The van der Waals surface area contributed by atoms with Gasteiger partial charge in [0.1, 0.15) is 11.5 Å². The molecule has 0 atom stereocenters. The zero-order valence-corrected chi connectivity index (χ0v) is 17.8. The smallest absolute Gasteiger partial charge is 0.221 e. The molecule has 3 N–H and O–H groups in total. The van der Waals surface area contributed by atoms with Gasteiger partial charge in [0.25, 0.3) is 0 Å². The number of nitrogens with zero attached hydrogens (tertiary/aromatic N) is 1. The van der Waals surface area contributed by atoms with Gasteiger partial charge in [-0.25, -0.2) is 0 Å². The number of hydrogen-bond acceptors (Lipinski definition) is 4. The average Bonchev–Trinajstić information content (AvgIpc) is 3.57. The van der Waals surface area contributed by atoms with Gasteiger partial charge in [-0.1, -0.05) is 24.3 Å². The van der Waals surface area contributed by atoms with E-state index in [0.717, 1.165) is 23.5 Å². The molecule has 0 radical (unpaired) electrons. The van der Waals surface area contributed by atoms with E-state index in [4.69, 9.17) is 9.47 Å². The van der Waals surface area contributed by atoms with Gasteiger partial charge in [0, 0.05) is 32.6 Å². The molecule has 7 heteroatoms. The molecule has 7 nitrogen and oxygen atoms in total. The van der Waals surface area contributed by atoms with Crippen molar-refractivity contribution in [3.05, 3.63) is 53.6 Å². The molecule has 160 valence electrons. The maximum Gasteiger partial charge on any atom is 0.221 e. The highest BCUT2D eigenvalue weighted by molar-refractivity contribution is 5.90. The molecule has 0 aliphatic heterocycles. The molecule has 0 heterocycles. The monoisotopic (exact) mass is 410 g/mol. The van der Waals surface area contributed by atoms with Gasteiger partial charge in [-0.3, -0.25) is 9.79 Å². The van der Waals surface area contributed by atoms with Crippen LogP contribution in [0.5, 0.6) is 11.5 Å². The number of para-hydroxylation sites is 1. The summed E-state index contributed by atoms with van der Waals surface area (Å²) >= 11 is 0.